The zero-order valence-electron chi connectivity index (χ0n) is 14.7. The van der Waals surface area contributed by atoms with Crippen molar-refractivity contribution in [3.63, 3.8) is 0 Å². The van der Waals surface area contributed by atoms with E-state index in [1.807, 2.05) is 0 Å². The van der Waals surface area contributed by atoms with Gasteiger partial charge in [0.1, 0.15) is 5.69 Å². The molecule has 1 amide bonds. The predicted octanol–water partition coefficient (Wildman–Crippen LogP) is 3.67. The smallest absolute Gasteiger partial charge is 0.294 e. The van der Waals surface area contributed by atoms with E-state index in [1.54, 1.807) is 11.0 Å². The van der Waals surface area contributed by atoms with Gasteiger partial charge < -0.3 is 16.0 Å². The van der Waals surface area contributed by atoms with Crippen LogP contribution in [0.5, 0.6) is 0 Å². The third-order valence-electron chi connectivity index (χ3n) is 5.30. The summed E-state index contributed by atoms with van der Waals surface area (Å²) in [5.41, 5.74) is 6.78. The fourth-order valence-electron chi connectivity index (χ4n) is 3.85. The summed E-state index contributed by atoms with van der Waals surface area (Å²) in [6.45, 7) is 1.39. The number of carbonyl (C=O) groups excluding carboxylic acids is 1. The van der Waals surface area contributed by atoms with Crippen molar-refractivity contribution in [2.45, 2.75) is 57.0 Å². The van der Waals surface area contributed by atoms with Crippen LogP contribution in [0.2, 0.25) is 0 Å². The molecule has 1 saturated heterocycles. The number of nitrogens with zero attached hydrogens (tertiary/aromatic N) is 2. The molecule has 0 radical (unpaired) electrons. The number of nitro benzene ring substituents is 1. The maximum absolute atomic E-state index is 13.1. The average molecular weight is 425 g/mol. The van der Waals surface area contributed by atoms with Gasteiger partial charge in [-0.15, -0.1) is 0 Å². The number of piperidine rings is 1. The second-order valence-corrected chi connectivity index (χ2v) is 8.07. The molecule has 3 rings (SSSR count). The Kier molecular flexibility index (Phi) is 6.13. The Morgan fingerprint density at radius 1 is 1.19 bits per heavy atom. The van der Waals surface area contributed by atoms with Crippen molar-refractivity contribution in [1.29, 1.82) is 0 Å². The minimum absolute atomic E-state index is 0.0588. The Bertz CT molecular complexity index is 691. The summed E-state index contributed by atoms with van der Waals surface area (Å²) in [6, 6.07) is 3.01. The van der Waals surface area contributed by atoms with Gasteiger partial charge in [-0.2, -0.15) is 0 Å². The topological polar surface area (TPSA) is 102 Å². The summed E-state index contributed by atoms with van der Waals surface area (Å²) in [6.07, 6.45) is 6.90. The Morgan fingerprint density at radius 2 is 1.88 bits per heavy atom. The van der Waals surface area contributed by atoms with Crippen molar-refractivity contribution in [3.05, 3.63) is 32.3 Å². The van der Waals surface area contributed by atoms with Crippen LogP contribution in [-0.2, 0) is 0 Å². The molecule has 8 heteroatoms. The number of carbonyl (C=O) groups is 1. The number of nitro groups is 1. The van der Waals surface area contributed by atoms with Gasteiger partial charge in [0.15, 0.2) is 0 Å². The molecule has 7 nitrogen and oxygen atoms in total. The maximum atomic E-state index is 13.1. The molecule has 1 aliphatic heterocycles. The first-order valence-corrected chi connectivity index (χ1v) is 10.1. The summed E-state index contributed by atoms with van der Waals surface area (Å²) >= 11 is 3.32. The molecule has 0 bridgehead atoms. The van der Waals surface area contributed by atoms with Crippen molar-refractivity contribution in [2.24, 2.45) is 5.73 Å². The van der Waals surface area contributed by atoms with Crippen LogP contribution in [-0.4, -0.2) is 40.9 Å². The van der Waals surface area contributed by atoms with E-state index in [1.165, 1.54) is 6.07 Å². The molecule has 1 aromatic rings. The molecule has 0 spiro atoms. The Labute approximate surface area is 161 Å². The standard InChI is InChI=1S/C18H25BrN4O3/c19-12-10-13(18(24)22-8-4-1-5-9-22)17(16(11-12)23(25)26)21-15-7-3-2-6-14(15)20/h10-11,14-15,21H,1-9,20H2/t14-,15+/m0/s1. The zero-order valence-corrected chi connectivity index (χ0v) is 16.3. The number of benzene rings is 1. The highest BCUT2D eigenvalue weighted by Crippen LogP contribution is 2.35. The number of amides is 1. The van der Waals surface area contributed by atoms with Gasteiger partial charge in [0.2, 0.25) is 0 Å². The lowest BCUT2D eigenvalue weighted by molar-refractivity contribution is -0.384. The summed E-state index contributed by atoms with van der Waals surface area (Å²) in [5, 5.41) is 14.9. The molecule has 2 atom stereocenters. The number of halogens is 1. The van der Waals surface area contributed by atoms with Crippen LogP contribution < -0.4 is 11.1 Å². The molecule has 26 heavy (non-hydrogen) atoms. The Balaban J connectivity index is 1.98. The Hall–Kier alpha value is -1.67. The van der Waals surface area contributed by atoms with Crippen LogP contribution in [0.4, 0.5) is 11.4 Å². The predicted molar refractivity (Wildman–Crippen MR) is 104 cm³/mol. The van der Waals surface area contributed by atoms with Crippen LogP contribution in [0.3, 0.4) is 0 Å². The number of hydrogen-bond acceptors (Lipinski definition) is 5. The number of hydrogen-bond donors (Lipinski definition) is 2. The van der Waals surface area contributed by atoms with E-state index >= 15 is 0 Å². The molecule has 2 fully saturated rings. The average Bonchev–Trinajstić information content (AvgIpc) is 2.64. The second-order valence-electron chi connectivity index (χ2n) is 7.16. The van der Waals surface area contributed by atoms with E-state index in [-0.39, 0.29) is 23.7 Å². The molecule has 1 saturated carbocycles. The van der Waals surface area contributed by atoms with E-state index in [2.05, 4.69) is 21.2 Å². The van der Waals surface area contributed by atoms with Crippen molar-refractivity contribution < 1.29 is 9.72 Å². The highest BCUT2D eigenvalue weighted by atomic mass is 79.9. The SMILES string of the molecule is N[C@H]1CCCC[C@H]1Nc1c(C(=O)N2CCCCC2)cc(Br)cc1[N+](=O)[O-]. The van der Waals surface area contributed by atoms with Gasteiger partial charge in [0.05, 0.1) is 10.5 Å². The van der Waals surface area contributed by atoms with Gasteiger partial charge in [-0.05, 0) is 38.2 Å². The number of nitrogens with two attached hydrogens (primary N) is 1. The lowest BCUT2D eigenvalue weighted by Crippen LogP contribution is -2.43. The monoisotopic (exact) mass is 424 g/mol. The Morgan fingerprint density at radius 3 is 2.54 bits per heavy atom. The van der Waals surface area contributed by atoms with E-state index in [0.29, 0.717) is 28.8 Å². The van der Waals surface area contributed by atoms with Crippen LogP contribution in [0, 0.1) is 10.1 Å². The highest BCUT2D eigenvalue weighted by Gasteiger charge is 2.30. The number of nitrogens with one attached hydrogen (secondary N) is 1. The van der Waals surface area contributed by atoms with Crippen LogP contribution in [0.15, 0.2) is 16.6 Å². The van der Waals surface area contributed by atoms with E-state index in [4.69, 9.17) is 5.73 Å². The summed E-state index contributed by atoms with van der Waals surface area (Å²) in [5.74, 6) is -0.152. The van der Waals surface area contributed by atoms with Crippen molar-refractivity contribution in [1.82, 2.24) is 4.90 Å². The molecule has 1 aliphatic carbocycles. The van der Waals surface area contributed by atoms with Gasteiger partial charge in [0.25, 0.3) is 11.6 Å². The number of likely N-dealkylation sites (tertiary alicyclic amines) is 1. The fraction of sp³-hybridized carbons (Fsp3) is 0.611. The molecule has 1 heterocycles. The molecule has 1 aromatic carbocycles. The number of anilines is 1. The highest BCUT2D eigenvalue weighted by molar-refractivity contribution is 9.10. The van der Waals surface area contributed by atoms with E-state index in [9.17, 15) is 14.9 Å². The van der Waals surface area contributed by atoms with Crippen molar-refractivity contribution in [3.8, 4) is 0 Å². The van der Waals surface area contributed by atoms with Crippen molar-refractivity contribution in [2.75, 3.05) is 18.4 Å². The first-order chi connectivity index (χ1) is 12.5. The molecule has 0 aromatic heterocycles. The second kappa shape index (κ2) is 8.35. The normalized spacial score (nSPS) is 23.5. The largest absolute Gasteiger partial charge is 0.375 e. The first-order valence-electron chi connectivity index (χ1n) is 9.26. The van der Waals surface area contributed by atoms with Crippen LogP contribution >= 0.6 is 15.9 Å². The third kappa shape index (κ3) is 4.17. The van der Waals surface area contributed by atoms with Gasteiger partial charge >= 0.3 is 0 Å². The van der Waals surface area contributed by atoms with E-state index in [0.717, 1.165) is 44.9 Å². The lowest BCUT2D eigenvalue weighted by Gasteiger charge is -2.32. The van der Waals surface area contributed by atoms with Gasteiger partial charge in [-0.3, -0.25) is 14.9 Å². The quantitative estimate of drug-likeness (QED) is 0.566. The first kappa shape index (κ1) is 19.1. The van der Waals surface area contributed by atoms with Crippen LogP contribution in [0.25, 0.3) is 0 Å². The van der Waals surface area contributed by atoms with Gasteiger partial charge in [-0.25, -0.2) is 0 Å². The number of rotatable bonds is 4. The lowest BCUT2D eigenvalue weighted by atomic mass is 9.90. The molecular weight excluding hydrogens is 400 g/mol. The molecule has 0 unspecified atom stereocenters. The summed E-state index contributed by atoms with van der Waals surface area (Å²) < 4.78 is 0.531. The summed E-state index contributed by atoms with van der Waals surface area (Å²) in [7, 11) is 0. The van der Waals surface area contributed by atoms with Gasteiger partial charge in [0, 0.05) is 35.7 Å². The fourth-order valence-corrected chi connectivity index (χ4v) is 4.29. The molecule has 142 valence electrons. The molecular formula is C18H25BrN4O3. The van der Waals surface area contributed by atoms with E-state index < -0.39 is 4.92 Å². The molecule has 3 N–H and O–H groups in total. The third-order valence-corrected chi connectivity index (χ3v) is 5.76. The minimum Gasteiger partial charge on any atom is -0.375 e. The van der Waals surface area contributed by atoms with Gasteiger partial charge in [-0.1, -0.05) is 28.8 Å². The molecule has 2 aliphatic rings. The van der Waals surface area contributed by atoms with Crippen molar-refractivity contribution >= 4 is 33.2 Å². The minimum atomic E-state index is -0.436. The summed E-state index contributed by atoms with van der Waals surface area (Å²) in [4.78, 5) is 26.1. The maximum Gasteiger partial charge on any atom is 0.294 e. The zero-order chi connectivity index (χ0) is 18.7. The van der Waals surface area contributed by atoms with Crippen LogP contribution in [0.1, 0.15) is 55.3 Å².